The molecule has 0 fully saturated rings. The highest BCUT2D eigenvalue weighted by Crippen LogP contribution is 2.01. The summed E-state index contributed by atoms with van der Waals surface area (Å²) in [7, 11) is 0. The molecule has 0 aliphatic carbocycles. The third kappa shape index (κ3) is 7.24. The van der Waals surface area contributed by atoms with E-state index < -0.39 is 5.97 Å². The molecule has 0 amide bonds. The summed E-state index contributed by atoms with van der Waals surface area (Å²) in [4.78, 5) is 20.3. The van der Waals surface area contributed by atoms with Gasteiger partial charge in [-0.1, -0.05) is 26.2 Å². The zero-order valence-corrected chi connectivity index (χ0v) is 7.90. The van der Waals surface area contributed by atoms with Gasteiger partial charge < -0.3 is 5.11 Å². The summed E-state index contributed by atoms with van der Waals surface area (Å²) in [5.74, 6) is -1.02. The molecule has 0 radical (unpaired) electrons. The molecule has 0 aromatic heterocycles. The topological polar surface area (TPSA) is 70.0 Å². The molecule has 13 heavy (non-hydrogen) atoms. The van der Waals surface area contributed by atoms with Gasteiger partial charge >= 0.3 is 5.97 Å². The van der Waals surface area contributed by atoms with Crippen molar-refractivity contribution in [2.75, 3.05) is 13.1 Å². The van der Waals surface area contributed by atoms with E-state index in [1.165, 1.54) is 0 Å². The van der Waals surface area contributed by atoms with Crippen LogP contribution >= 0.6 is 0 Å². The molecule has 0 aliphatic heterocycles. The molecule has 5 heteroatoms. The van der Waals surface area contributed by atoms with Gasteiger partial charge in [-0.2, -0.15) is 0 Å². The Labute approximate surface area is 77.7 Å². The number of unbranched alkanes of at least 4 members (excludes halogenated alkanes) is 3. The molecule has 0 spiro atoms. The first kappa shape index (κ1) is 11.9. The van der Waals surface area contributed by atoms with E-state index in [9.17, 15) is 9.70 Å². The zero-order valence-electron chi connectivity index (χ0n) is 7.90. The first-order valence-electron chi connectivity index (χ1n) is 4.50. The lowest BCUT2D eigenvalue weighted by Crippen LogP contribution is -2.25. The van der Waals surface area contributed by atoms with E-state index in [0.29, 0.717) is 6.54 Å². The molecule has 0 saturated carbocycles. The second-order valence-electron chi connectivity index (χ2n) is 2.92. The van der Waals surface area contributed by atoms with Crippen molar-refractivity contribution in [3.63, 3.8) is 0 Å². The van der Waals surface area contributed by atoms with Crippen LogP contribution in [0.25, 0.3) is 0 Å². The largest absolute Gasteiger partial charge is 0.480 e. The Bertz CT molecular complexity index is 161. The fourth-order valence-corrected chi connectivity index (χ4v) is 1.03. The number of nitrogens with zero attached hydrogens (tertiary/aromatic N) is 2. The van der Waals surface area contributed by atoms with Crippen molar-refractivity contribution in [1.29, 1.82) is 0 Å². The van der Waals surface area contributed by atoms with Crippen molar-refractivity contribution >= 4 is 5.97 Å². The van der Waals surface area contributed by atoms with Gasteiger partial charge in [0.1, 0.15) is 6.54 Å². The predicted molar refractivity (Wildman–Crippen MR) is 49.1 cm³/mol. The Morgan fingerprint density at radius 2 is 2.08 bits per heavy atom. The van der Waals surface area contributed by atoms with Crippen LogP contribution in [-0.2, 0) is 4.79 Å². The number of hydrogen-bond acceptors (Lipinski definition) is 3. The Morgan fingerprint density at radius 3 is 2.54 bits per heavy atom. The van der Waals surface area contributed by atoms with Crippen molar-refractivity contribution in [3.8, 4) is 0 Å². The summed E-state index contributed by atoms with van der Waals surface area (Å²) in [6.45, 7) is 2.23. The highest BCUT2D eigenvalue weighted by atomic mass is 16.4. The minimum Gasteiger partial charge on any atom is -0.480 e. The molecular weight excluding hydrogens is 172 g/mol. The second kappa shape index (κ2) is 7.52. The number of aliphatic carboxylic acids is 1. The van der Waals surface area contributed by atoms with Crippen molar-refractivity contribution < 1.29 is 9.90 Å². The van der Waals surface area contributed by atoms with E-state index in [1.807, 2.05) is 0 Å². The van der Waals surface area contributed by atoms with E-state index >= 15 is 0 Å². The van der Waals surface area contributed by atoms with Crippen LogP contribution in [0.5, 0.6) is 0 Å². The van der Waals surface area contributed by atoms with Crippen LogP contribution in [0.4, 0.5) is 0 Å². The maximum Gasteiger partial charge on any atom is 0.324 e. The van der Waals surface area contributed by atoms with Crippen molar-refractivity contribution in [2.45, 2.75) is 32.6 Å². The molecule has 0 atom stereocenters. The summed E-state index contributed by atoms with van der Waals surface area (Å²) in [5, 5.41) is 12.0. The van der Waals surface area contributed by atoms with Gasteiger partial charge in [0.2, 0.25) is 0 Å². The van der Waals surface area contributed by atoms with Gasteiger partial charge in [0.25, 0.3) is 0 Å². The lowest BCUT2D eigenvalue weighted by molar-refractivity contribution is -0.138. The number of carbonyl (C=O) groups is 1. The first-order valence-corrected chi connectivity index (χ1v) is 4.50. The van der Waals surface area contributed by atoms with Gasteiger partial charge in [0.05, 0.1) is 5.29 Å². The number of nitroso groups, excluding NO2 is 1. The molecule has 5 nitrogen and oxygen atoms in total. The van der Waals surface area contributed by atoms with Gasteiger partial charge in [-0.3, -0.25) is 4.79 Å². The van der Waals surface area contributed by atoms with Crippen LogP contribution in [0, 0.1) is 4.91 Å². The van der Waals surface area contributed by atoms with E-state index in [4.69, 9.17) is 5.11 Å². The Kier molecular flexibility index (Phi) is 6.86. The molecule has 0 aliphatic rings. The molecule has 0 bridgehead atoms. The summed E-state index contributed by atoms with van der Waals surface area (Å²) in [6, 6.07) is 0. The molecule has 0 aromatic carbocycles. The number of rotatable bonds is 8. The lowest BCUT2D eigenvalue weighted by atomic mass is 10.2. The smallest absolute Gasteiger partial charge is 0.324 e. The number of carboxylic acid groups (broad SMARTS) is 1. The maximum absolute atomic E-state index is 10.2. The van der Waals surface area contributed by atoms with Gasteiger partial charge in [0.15, 0.2) is 0 Å². The van der Waals surface area contributed by atoms with Crippen LogP contribution in [-0.4, -0.2) is 29.2 Å². The maximum atomic E-state index is 10.2. The molecule has 0 rings (SSSR count). The Hall–Kier alpha value is -1.13. The fraction of sp³-hybridized carbons (Fsp3) is 0.875. The van der Waals surface area contributed by atoms with Crippen molar-refractivity contribution in [2.24, 2.45) is 5.29 Å². The molecule has 76 valence electrons. The third-order valence-corrected chi connectivity index (χ3v) is 1.70. The van der Waals surface area contributed by atoms with Gasteiger partial charge in [-0.25, -0.2) is 5.01 Å². The molecule has 0 saturated heterocycles. The highest BCUT2D eigenvalue weighted by molar-refractivity contribution is 5.68. The SMILES string of the molecule is CCCCCCN(CC(=O)O)N=O. The van der Waals surface area contributed by atoms with Crippen LogP contribution < -0.4 is 0 Å². The summed E-state index contributed by atoms with van der Waals surface area (Å²) < 4.78 is 0. The molecule has 0 aromatic rings. The van der Waals surface area contributed by atoms with Gasteiger partial charge in [-0.05, 0) is 6.42 Å². The summed E-state index contributed by atoms with van der Waals surface area (Å²) in [6.07, 6.45) is 4.07. The standard InChI is InChI=1S/C8H16N2O3/c1-2-3-4-5-6-10(9-13)7-8(11)12/h2-7H2,1H3,(H,11,12). The van der Waals surface area contributed by atoms with Crippen LogP contribution in [0.3, 0.4) is 0 Å². The van der Waals surface area contributed by atoms with Gasteiger partial charge in [-0.15, -0.1) is 4.91 Å². The Morgan fingerprint density at radius 1 is 1.38 bits per heavy atom. The molecule has 0 unspecified atom stereocenters. The Balaban J connectivity index is 3.48. The van der Waals surface area contributed by atoms with Crippen LogP contribution in [0.15, 0.2) is 5.29 Å². The lowest BCUT2D eigenvalue weighted by Gasteiger charge is -2.11. The van der Waals surface area contributed by atoms with Crippen molar-refractivity contribution in [3.05, 3.63) is 4.91 Å². The quantitative estimate of drug-likeness (QED) is 0.357. The zero-order chi connectivity index (χ0) is 10.1. The van der Waals surface area contributed by atoms with E-state index in [1.54, 1.807) is 0 Å². The second-order valence-corrected chi connectivity index (χ2v) is 2.92. The average Bonchev–Trinajstić information content (AvgIpc) is 2.09. The van der Waals surface area contributed by atoms with Crippen LogP contribution in [0.1, 0.15) is 32.6 Å². The summed E-state index contributed by atoms with van der Waals surface area (Å²) in [5.41, 5.74) is 0. The average molecular weight is 188 g/mol. The van der Waals surface area contributed by atoms with E-state index in [0.717, 1.165) is 30.7 Å². The minimum atomic E-state index is -1.02. The normalized spacial score (nSPS) is 9.62. The molecule has 0 heterocycles. The fourth-order valence-electron chi connectivity index (χ4n) is 1.03. The molecular formula is C8H16N2O3. The predicted octanol–water partition coefficient (Wildman–Crippen LogP) is 1.63. The number of carboxylic acids is 1. The molecule has 1 N–H and O–H groups in total. The monoisotopic (exact) mass is 188 g/mol. The summed E-state index contributed by atoms with van der Waals surface area (Å²) >= 11 is 0. The van der Waals surface area contributed by atoms with Gasteiger partial charge in [0, 0.05) is 6.54 Å². The number of hydrogen-bond donors (Lipinski definition) is 1. The minimum absolute atomic E-state index is 0.296. The van der Waals surface area contributed by atoms with Crippen molar-refractivity contribution in [1.82, 2.24) is 5.01 Å². The first-order chi connectivity index (χ1) is 6.20. The highest BCUT2D eigenvalue weighted by Gasteiger charge is 2.06. The third-order valence-electron chi connectivity index (χ3n) is 1.70. The van der Waals surface area contributed by atoms with E-state index in [2.05, 4.69) is 12.2 Å². The van der Waals surface area contributed by atoms with Crippen LogP contribution in [0.2, 0.25) is 0 Å². The van der Waals surface area contributed by atoms with E-state index in [-0.39, 0.29) is 6.54 Å².